The van der Waals surface area contributed by atoms with Crippen LogP contribution in [0, 0.1) is 6.92 Å². The van der Waals surface area contributed by atoms with Crippen molar-refractivity contribution in [3.05, 3.63) is 59.2 Å². The lowest BCUT2D eigenvalue weighted by Gasteiger charge is -2.12. The number of benzene rings is 2. The Morgan fingerprint density at radius 2 is 2.00 bits per heavy atom. The summed E-state index contributed by atoms with van der Waals surface area (Å²) in [4.78, 5) is 11.3. The molecule has 4 N–H and O–H groups in total. The summed E-state index contributed by atoms with van der Waals surface area (Å²) in [7, 11) is 0. The summed E-state index contributed by atoms with van der Waals surface area (Å²) in [6, 6.07) is 12.4. The van der Waals surface area contributed by atoms with Crippen molar-refractivity contribution in [3.63, 3.8) is 0 Å². The molecule has 4 nitrogen and oxygen atoms in total. The van der Waals surface area contributed by atoms with Crippen LogP contribution in [0.4, 0.5) is 5.69 Å². The van der Waals surface area contributed by atoms with Gasteiger partial charge in [-0.3, -0.25) is 4.79 Å². The zero-order valence-corrected chi connectivity index (χ0v) is 10.7. The quantitative estimate of drug-likeness (QED) is 0.786. The maximum Gasteiger partial charge on any atom is 0.249 e. The first-order valence-corrected chi connectivity index (χ1v) is 5.99. The first-order valence-electron chi connectivity index (χ1n) is 5.99. The van der Waals surface area contributed by atoms with Gasteiger partial charge in [0.1, 0.15) is 5.75 Å². The van der Waals surface area contributed by atoms with Gasteiger partial charge < -0.3 is 16.2 Å². The molecule has 19 heavy (non-hydrogen) atoms. The molecule has 0 aliphatic carbocycles. The predicted octanol–water partition coefficient (Wildman–Crippen LogP) is 2.41. The van der Waals surface area contributed by atoms with Crippen LogP contribution >= 0.6 is 0 Å². The van der Waals surface area contributed by atoms with Crippen LogP contribution in [0.25, 0.3) is 0 Å². The highest BCUT2D eigenvalue weighted by molar-refractivity contribution is 5.95. The second kappa shape index (κ2) is 5.44. The average molecular weight is 256 g/mol. The maximum atomic E-state index is 11.3. The molecule has 0 aliphatic heterocycles. The Hall–Kier alpha value is -2.49. The average Bonchev–Trinajstić information content (AvgIpc) is 2.37. The van der Waals surface area contributed by atoms with Crippen LogP contribution in [-0.2, 0) is 6.54 Å². The minimum atomic E-state index is -0.432. The van der Waals surface area contributed by atoms with E-state index in [9.17, 15) is 9.90 Å². The number of anilines is 1. The molecule has 0 heterocycles. The molecule has 1 amide bonds. The van der Waals surface area contributed by atoms with Crippen LogP contribution < -0.4 is 11.1 Å². The van der Waals surface area contributed by atoms with E-state index in [4.69, 9.17) is 5.73 Å². The van der Waals surface area contributed by atoms with Crippen molar-refractivity contribution >= 4 is 11.6 Å². The Morgan fingerprint density at radius 1 is 1.26 bits per heavy atom. The number of phenolic OH excluding ortho intramolecular Hbond substituents is 1. The largest absolute Gasteiger partial charge is 0.508 e. The molecule has 4 heteroatoms. The lowest BCUT2D eigenvalue weighted by Crippen LogP contribution is -2.13. The standard InChI is InChI=1S/C15H16N2O2/c1-10-13(15(16)19)6-3-7-14(10)17-9-11-4-2-5-12(18)8-11/h2-8,17-18H,9H2,1H3,(H2,16,19). The number of hydrogen-bond acceptors (Lipinski definition) is 3. The summed E-state index contributed by atoms with van der Waals surface area (Å²) in [5, 5.41) is 12.6. The number of primary amides is 1. The van der Waals surface area contributed by atoms with Gasteiger partial charge in [-0.1, -0.05) is 18.2 Å². The van der Waals surface area contributed by atoms with Crippen molar-refractivity contribution in [2.24, 2.45) is 5.73 Å². The second-order valence-electron chi connectivity index (χ2n) is 4.37. The van der Waals surface area contributed by atoms with Gasteiger partial charge in [0.15, 0.2) is 0 Å². The number of aromatic hydroxyl groups is 1. The molecule has 0 saturated carbocycles. The summed E-state index contributed by atoms with van der Waals surface area (Å²) in [5.41, 5.74) is 8.48. The van der Waals surface area contributed by atoms with Gasteiger partial charge in [0.25, 0.3) is 0 Å². The van der Waals surface area contributed by atoms with Crippen molar-refractivity contribution in [3.8, 4) is 5.75 Å². The highest BCUT2D eigenvalue weighted by Gasteiger charge is 2.08. The van der Waals surface area contributed by atoms with E-state index in [1.165, 1.54) is 0 Å². The summed E-state index contributed by atoms with van der Waals surface area (Å²) >= 11 is 0. The Morgan fingerprint density at radius 3 is 2.68 bits per heavy atom. The lowest BCUT2D eigenvalue weighted by molar-refractivity contribution is 0.1000. The molecule has 98 valence electrons. The number of phenols is 1. The van der Waals surface area contributed by atoms with Crippen molar-refractivity contribution in [2.45, 2.75) is 13.5 Å². The molecule has 2 aromatic rings. The van der Waals surface area contributed by atoms with Crippen LogP contribution in [0.3, 0.4) is 0 Å². The summed E-state index contributed by atoms with van der Waals surface area (Å²) in [6.07, 6.45) is 0. The Kier molecular flexibility index (Phi) is 3.71. The fourth-order valence-electron chi connectivity index (χ4n) is 1.96. The van der Waals surface area contributed by atoms with Gasteiger partial charge in [-0.2, -0.15) is 0 Å². The zero-order valence-electron chi connectivity index (χ0n) is 10.7. The zero-order chi connectivity index (χ0) is 13.8. The molecule has 0 aliphatic rings. The molecule has 0 atom stereocenters. The van der Waals surface area contributed by atoms with Crippen LogP contribution in [0.1, 0.15) is 21.5 Å². The second-order valence-corrected chi connectivity index (χ2v) is 4.37. The van der Waals surface area contributed by atoms with Crippen LogP contribution in [0.2, 0.25) is 0 Å². The topological polar surface area (TPSA) is 75.3 Å². The van der Waals surface area contributed by atoms with Gasteiger partial charge >= 0.3 is 0 Å². The molecular formula is C15H16N2O2. The molecule has 2 rings (SSSR count). The van der Waals surface area contributed by atoms with E-state index in [2.05, 4.69) is 5.32 Å². The van der Waals surface area contributed by atoms with E-state index < -0.39 is 5.91 Å². The fraction of sp³-hybridized carbons (Fsp3) is 0.133. The van der Waals surface area contributed by atoms with Gasteiger partial charge in [0.05, 0.1) is 0 Å². The predicted molar refractivity (Wildman–Crippen MR) is 75.1 cm³/mol. The molecule has 0 unspecified atom stereocenters. The molecule has 0 bridgehead atoms. The number of amides is 1. The number of nitrogens with two attached hydrogens (primary N) is 1. The van der Waals surface area contributed by atoms with E-state index in [1.54, 1.807) is 30.3 Å². The van der Waals surface area contributed by atoms with E-state index in [0.717, 1.165) is 16.8 Å². The molecular weight excluding hydrogens is 240 g/mol. The molecule has 2 aromatic carbocycles. The monoisotopic (exact) mass is 256 g/mol. The number of nitrogens with one attached hydrogen (secondary N) is 1. The summed E-state index contributed by atoms with van der Waals surface area (Å²) < 4.78 is 0. The number of rotatable bonds is 4. The Labute approximate surface area is 111 Å². The fourth-order valence-corrected chi connectivity index (χ4v) is 1.96. The highest BCUT2D eigenvalue weighted by atomic mass is 16.3. The van der Waals surface area contributed by atoms with Crippen LogP contribution in [-0.4, -0.2) is 11.0 Å². The van der Waals surface area contributed by atoms with Gasteiger partial charge in [-0.15, -0.1) is 0 Å². The van der Waals surface area contributed by atoms with E-state index in [0.29, 0.717) is 12.1 Å². The maximum absolute atomic E-state index is 11.3. The van der Waals surface area contributed by atoms with Crippen molar-refractivity contribution in [1.82, 2.24) is 0 Å². The normalized spacial score (nSPS) is 10.2. The van der Waals surface area contributed by atoms with Crippen LogP contribution in [0.5, 0.6) is 5.75 Å². The van der Waals surface area contributed by atoms with Crippen LogP contribution in [0.15, 0.2) is 42.5 Å². The third kappa shape index (κ3) is 3.04. The van der Waals surface area contributed by atoms with Crippen molar-refractivity contribution in [2.75, 3.05) is 5.32 Å². The first-order chi connectivity index (χ1) is 9.08. The first kappa shape index (κ1) is 13.0. The minimum Gasteiger partial charge on any atom is -0.508 e. The molecule has 0 fully saturated rings. The number of carbonyl (C=O) groups is 1. The van der Waals surface area contributed by atoms with E-state index in [1.807, 2.05) is 19.1 Å². The third-order valence-electron chi connectivity index (χ3n) is 2.99. The summed E-state index contributed by atoms with van der Waals surface area (Å²) in [6.45, 7) is 2.42. The van der Waals surface area contributed by atoms with Gasteiger partial charge in [-0.25, -0.2) is 0 Å². The Balaban J connectivity index is 2.16. The minimum absolute atomic E-state index is 0.238. The van der Waals surface area contributed by atoms with E-state index in [-0.39, 0.29) is 5.75 Å². The number of carbonyl (C=O) groups excluding carboxylic acids is 1. The van der Waals surface area contributed by atoms with Gasteiger partial charge in [0, 0.05) is 17.8 Å². The molecule has 0 radical (unpaired) electrons. The summed E-state index contributed by atoms with van der Waals surface area (Å²) in [5.74, 6) is -0.194. The molecule has 0 spiro atoms. The smallest absolute Gasteiger partial charge is 0.249 e. The van der Waals surface area contributed by atoms with Crippen molar-refractivity contribution in [1.29, 1.82) is 0 Å². The Bertz CT molecular complexity index is 609. The molecule has 0 aromatic heterocycles. The SMILES string of the molecule is Cc1c(NCc2cccc(O)c2)cccc1C(N)=O. The molecule has 0 saturated heterocycles. The lowest BCUT2D eigenvalue weighted by atomic mass is 10.1. The van der Waals surface area contributed by atoms with E-state index >= 15 is 0 Å². The van der Waals surface area contributed by atoms with Crippen molar-refractivity contribution < 1.29 is 9.90 Å². The van der Waals surface area contributed by atoms with Gasteiger partial charge in [0.2, 0.25) is 5.91 Å². The number of hydrogen-bond donors (Lipinski definition) is 3. The highest BCUT2D eigenvalue weighted by Crippen LogP contribution is 2.20. The van der Waals surface area contributed by atoms with Gasteiger partial charge in [-0.05, 0) is 42.3 Å². The third-order valence-corrected chi connectivity index (χ3v) is 2.99.